The molecule has 0 aliphatic carbocycles. The maximum Gasteiger partial charge on any atom is 0.274 e. The minimum absolute atomic E-state index is 0.0638. The second-order valence-corrected chi connectivity index (χ2v) is 5.95. The van der Waals surface area contributed by atoms with Gasteiger partial charge in [-0.15, -0.1) is 0 Å². The molecule has 134 valence electrons. The van der Waals surface area contributed by atoms with Gasteiger partial charge < -0.3 is 9.64 Å². The Balaban J connectivity index is 2.28. The van der Waals surface area contributed by atoms with Crippen LogP contribution in [0, 0.1) is 0 Å². The summed E-state index contributed by atoms with van der Waals surface area (Å²) in [6.07, 6.45) is 0.835. The van der Waals surface area contributed by atoms with Gasteiger partial charge in [-0.25, -0.2) is 4.68 Å². The molecule has 0 bridgehead atoms. The largest absolute Gasteiger partial charge is 0.383 e. The minimum atomic E-state index is -0.244. The van der Waals surface area contributed by atoms with Crippen molar-refractivity contribution in [3.8, 4) is 0 Å². The van der Waals surface area contributed by atoms with Gasteiger partial charge in [0.1, 0.15) is 5.69 Å². The number of carbonyl (C=O) groups is 1. The van der Waals surface area contributed by atoms with Crippen LogP contribution in [0.25, 0.3) is 0 Å². The topological polar surface area (TPSA) is 64.4 Å². The highest BCUT2D eigenvalue weighted by Gasteiger charge is 2.22. The molecule has 0 spiro atoms. The number of amides is 1. The van der Waals surface area contributed by atoms with Crippen LogP contribution in [0.15, 0.2) is 47.3 Å². The molecule has 1 aromatic heterocycles. The van der Waals surface area contributed by atoms with Crippen molar-refractivity contribution >= 4 is 5.91 Å². The molecule has 1 unspecified atom stereocenters. The van der Waals surface area contributed by atoms with Gasteiger partial charge in [0.2, 0.25) is 0 Å². The standard InChI is InChI=1S/C19H25N3O3/c1-4-15(2)21(14-16-8-6-5-7-9-16)19(24)17-10-11-18(23)22(20-17)12-13-25-3/h5-11,15H,4,12-14H2,1-3H3. The molecule has 6 nitrogen and oxygen atoms in total. The van der Waals surface area contributed by atoms with Gasteiger partial charge >= 0.3 is 0 Å². The Bertz CT molecular complexity index is 743. The molecule has 1 aromatic carbocycles. The van der Waals surface area contributed by atoms with Crippen LogP contribution in [0.4, 0.5) is 0 Å². The lowest BCUT2D eigenvalue weighted by molar-refractivity contribution is 0.0661. The van der Waals surface area contributed by atoms with E-state index in [1.54, 1.807) is 12.0 Å². The van der Waals surface area contributed by atoms with Crippen LogP contribution >= 0.6 is 0 Å². The third kappa shape index (κ3) is 5.00. The molecule has 0 aliphatic heterocycles. The lowest BCUT2D eigenvalue weighted by atomic mass is 10.1. The second-order valence-electron chi connectivity index (χ2n) is 5.95. The summed E-state index contributed by atoms with van der Waals surface area (Å²) in [6.45, 7) is 5.25. The first-order valence-electron chi connectivity index (χ1n) is 8.48. The minimum Gasteiger partial charge on any atom is -0.383 e. The number of hydrogen-bond acceptors (Lipinski definition) is 4. The van der Waals surface area contributed by atoms with Gasteiger partial charge in [-0.2, -0.15) is 5.10 Å². The van der Waals surface area contributed by atoms with E-state index < -0.39 is 0 Å². The van der Waals surface area contributed by atoms with E-state index in [1.807, 2.05) is 44.2 Å². The summed E-state index contributed by atoms with van der Waals surface area (Å²) in [5, 5.41) is 4.22. The summed E-state index contributed by atoms with van der Waals surface area (Å²) < 4.78 is 6.26. The molecule has 6 heteroatoms. The molecule has 1 atom stereocenters. The Morgan fingerprint density at radius 3 is 2.60 bits per heavy atom. The van der Waals surface area contributed by atoms with Crippen LogP contribution in [-0.2, 0) is 17.8 Å². The molecular formula is C19H25N3O3. The zero-order valence-electron chi connectivity index (χ0n) is 15.0. The Kier molecular flexibility index (Phi) is 6.89. The number of ether oxygens (including phenoxy) is 1. The van der Waals surface area contributed by atoms with Crippen molar-refractivity contribution in [2.45, 2.75) is 39.4 Å². The fraction of sp³-hybridized carbons (Fsp3) is 0.421. The molecule has 0 fully saturated rings. The van der Waals surface area contributed by atoms with E-state index in [-0.39, 0.29) is 23.2 Å². The number of aromatic nitrogens is 2. The first-order valence-corrected chi connectivity index (χ1v) is 8.48. The van der Waals surface area contributed by atoms with E-state index in [0.717, 1.165) is 12.0 Å². The average Bonchev–Trinajstić information content (AvgIpc) is 2.65. The normalized spacial score (nSPS) is 12.0. The lowest BCUT2D eigenvalue weighted by Gasteiger charge is -2.28. The highest BCUT2D eigenvalue weighted by atomic mass is 16.5. The Hall–Kier alpha value is -2.47. The fourth-order valence-corrected chi connectivity index (χ4v) is 2.48. The van der Waals surface area contributed by atoms with Gasteiger partial charge in [0, 0.05) is 25.8 Å². The van der Waals surface area contributed by atoms with E-state index in [9.17, 15) is 9.59 Å². The summed E-state index contributed by atoms with van der Waals surface area (Å²) in [5.74, 6) is -0.177. The van der Waals surface area contributed by atoms with Gasteiger partial charge in [-0.05, 0) is 25.0 Å². The summed E-state index contributed by atoms with van der Waals surface area (Å²) in [7, 11) is 1.56. The zero-order valence-corrected chi connectivity index (χ0v) is 15.0. The monoisotopic (exact) mass is 343 g/mol. The number of hydrogen-bond donors (Lipinski definition) is 0. The van der Waals surface area contributed by atoms with E-state index in [4.69, 9.17) is 4.74 Å². The molecule has 2 rings (SSSR count). The van der Waals surface area contributed by atoms with Gasteiger partial charge in [0.15, 0.2) is 0 Å². The van der Waals surface area contributed by atoms with Gasteiger partial charge in [-0.1, -0.05) is 37.3 Å². The predicted molar refractivity (Wildman–Crippen MR) is 96.4 cm³/mol. The molecular weight excluding hydrogens is 318 g/mol. The Morgan fingerprint density at radius 1 is 1.24 bits per heavy atom. The zero-order chi connectivity index (χ0) is 18.2. The second kappa shape index (κ2) is 9.13. The molecule has 0 radical (unpaired) electrons. The molecule has 0 saturated heterocycles. The van der Waals surface area contributed by atoms with E-state index >= 15 is 0 Å². The molecule has 0 saturated carbocycles. The third-order valence-electron chi connectivity index (χ3n) is 4.17. The van der Waals surface area contributed by atoms with Crippen molar-refractivity contribution in [1.82, 2.24) is 14.7 Å². The van der Waals surface area contributed by atoms with Crippen molar-refractivity contribution in [2.24, 2.45) is 0 Å². The molecule has 0 aliphatic rings. The van der Waals surface area contributed by atoms with Crippen LogP contribution in [0.1, 0.15) is 36.3 Å². The number of nitrogens with zero attached hydrogens (tertiary/aromatic N) is 3. The summed E-state index contributed by atoms with van der Waals surface area (Å²) in [5.41, 5.74) is 1.09. The predicted octanol–water partition coefficient (Wildman–Crippen LogP) is 2.33. The van der Waals surface area contributed by atoms with Crippen LogP contribution in [0.2, 0.25) is 0 Å². The van der Waals surface area contributed by atoms with E-state index in [0.29, 0.717) is 19.7 Å². The van der Waals surface area contributed by atoms with Gasteiger partial charge in [0.05, 0.1) is 13.2 Å². The van der Waals surface area contributed by atoms with Crippen LogP contribution in [0.5, 0.6) is 0 Å². The van der Waals surface area contributed by atoms with Crippen molar-refractivity contribution in [2.75, 3.05) is 13.7 Å². The smallest absolute Gasteiger partial charge is 0.274 e. The molecule has 1 heterocycles. The molecule has 0 N–H and O–H groups in total. The first-order chi connectivity index (χ1) is 12.1. The van der Waals surface area contributed by atoms with Crippen LogP contribution < -0.4 is 5.56 Å². The first kappa shape index (κ1) is 18.9. The van der Waals surface area contributed by atoms with E-state index in [1.165, 1.54) is 16.8 Å². The highest BCUT2D eigenvalue weighted by Crippen LogP contribution is 2.14. The summed E-state index contributed by atoms with van der Waals surface area (Å²) in [4.78, 5) is 26.7. The summed E-state index contributed by atoms with van der Waals surface area (Å²) >= 11 is 0. The summed E-state index contributed by atoms with van der Waals surface area (Å²) in [6, 6.07) is 12.8. The Labute approximate surface area is 148 Å². The SMILES string of the molecule is CCC(C)N(Cc1ccccc1)C(=O)c1ccc(=O)n(CCOC)n1. The van der Waals surface area contributed by atoms with Crippen molar-refractivity contribution in [3.63, 3.8) is 0 Å². The van der Waals surface area contributed by atoms with Crippen molar-refractivity contribution in [3.05, 3.63) is 64.1 Å². The maximum atomic E-state index is 13.0. The van der Waals surface area contributed by atoms with Gasteiger partial charge in [-0.3, -0.25) is 9.59 Å². The number of benzene rings is 1. The molecule has 25 heavy (non-hydrogen) atoms. The maximum absolute atomic E-state index is 13.0. The lowest BCUT2D eigenvalue weighted by Crippen LogP contribution is -2.39. The third-order valence-corrected chi connectivity index (χ3v) is 4.17. The van der Waals surface area contributed by atoms with Gasteiger partial charge in [0.25, 0.3) is 11.5 Å². The fourth-order valence-electron chi connectivity index (χ4n) is 2.48. The number of methoxy groups -OCH3 is 1. The molecule has 1 amide bonds. The van der Waals surface area contributed by atoms with Crippen LogP contribution in [0.3, 0.4) is 0 Å². The number of carbonyl (C=O) groups excluding carboxylic acids is 1. The van der Waals surface area contributed by atoms with Crippen molar-refractivity contribution < 1.29 is 9.53 Å². The quantitative estimate of drug-likeness (QED) is 0.738. The van der Waals surface area contributed by atoms with Crippen molar-refractivity contribution in [1.29, 1.82) is 0 Å². The number of rotatable bonds is 8. The van der Waals surface area contributed by atoms with E-state index in [2.05, 4.69) is 5.10 Å². The van der Waals surface area contributed by atoms with Crippen LogP contribution in [-0.4, -0.2) is 40.3 Å². The average molecular weight is 343 g/mol. The highest BCUT2D eigenvalue weighted by molar-refractivity contribution is 5.92. The molecule has 2 aromatic rings. The Morgan fingerprint density at radius 2 is 1.96 bits per heavy atom.